The first-order chi connectivity index (χ1) is 9.26. The Bertz CT molecular complexity index is 578. The Morgan fingerprint density at radius 1 is 1.42 bits per heavy atom. The van der Waals surface area contributed by atoms with Crippen LogP contribution in [0.25, 0.3) is 0 Å². The number of thiophene rings is 1. The van der Waals surface area contributed by atoms with Crippen molar-refractivity contribution < 1.29 is 4.74 Å². The van der Waals surface area contributed by atoms with Crippen molar-refractivity contribution in [3.05, 3.63) is 51.2 Å². The van der Waals surface area contributed by atoms with Gasteiger partial charge in [-0.05, 0) is 23.6 Å². The van der Waals surface area contributed by atoms with Crippen molar-refractivity contribution >= 4 is 22.9 Å². The first-order valence-corrected chi connectivity index (χ1v) is 6.99. The SMILES string of the molecule is COc1cccc(Cl)c1C(C#N)NCc1cccs1. The minimum Gasteiger partial charge on any atom is -0.496 e. The van der Waals surface area contributed by atoms with Crippen molar-refractivity contribution in [2.45, 2.75) is 12.6 Å². The highest BCUT2D eigenvalue weighted by atomic mass is 35.5. The number of nitrogens with zero attached hydrogens (tertiary/aromatic N) is 1. The first-order valence-electron chi connectivity index (χ1n) is 5.74. The van der Waals surface area contributed by atoms with Gasteiger partial charge in [-0.25, -0.2) is 0 Å². The summed E-state index contributed by atoms with van der Waals surface area (Å²) < 4.78 is 5.27. The first kappa shape index (κ1) is 13.9. The molecule has 0 aliphatic carbocycles. The second-order valence-corrected chi connectivity index (χ2v) is 5.32. The van der Waals surface area contributed by atoms with Crippen molar-refractivity contribution in [3.8, 4) is 11.8 Å². The van der Waals surface area contributed by atoms with Gasteiger partial charge in [0.05, 0.1) is 18.2 Å². The molecule has 0 fully saturated rings. The molecule has 19 heavy (non-hydrogen) atoms. The standard InChI is InChI=1S/C14H13ClN2OS/c1-18-13-6-2-5-11(15)14(13)12(8-16)17-9-10-4-3-7-19-10/h2-7,12,17H,9H2,1H3. The molecule has 0 spiro atoms. The molecule has 0 radical (unpaired) electrons. The second-order valence-electron chi connectivity index (χ2n) is 3.88. The van der Waals surface area contributed by atoms with E-state index in [9.17, 15) is 5.26 Å². The Morgan fingerprint density at radius 2 is 2.26 bits per heavy atom. The van der Waals surface area contributed by atoms with Crippen LogP contribution in [0, 0.1) is 11.3 Å². The maximum absolute atomic E-state index is 9.33. The van der Waals surface area contributed by atoms with Crippen LogP contribution in [-0.4, -0.2) is 7.11 Å². The third-order valence-corrected chi connectivity index (χ3v) is 3.92. The third kappa shape index (κ3) is 3.27. The van der Waals surface area contributed by atoms with Crippen molar-refractivity contribution in [2.75, 3.05) is 7.11 Å². The molecule has 1 atom stereocenters. The number of hydrogen-bond acceptors (Lipinski definition) is 4. The monoisotopic (exact) mass is 292 g/mol. The maximum atomic E-state index is 9.33. The van der Waals surface area contributed by atoms with Gasteiger partial charge < -0.3 is 4.74 Å². The maximum Gasteiger partial charge on any atom is 0.126 e. The number of halogens is 1. The molecule has 3 nitrogen and oxygen atoms in total. The molecule has 1 aromatic carbocycles. The molecule has 0 aliphatic heterocycles. The fourth-order valence-corrected chi connectivity index (χ4v) is 2.73. The summed E-state index contributed by atoms with van der Waals surface area (Å²) in [6, 6.07) is 11.1. The van der Waals surface area contributed by atoms with Crippen molar-refractivity contribution in [1.29, 1.82) is 5.26 Å². The van der Waals surface area contributed by atoms with Crippen LogP contribution in [0.2, 0.25) is 5.02 Å². The fourth-order valence-electron chi connectivity index (χ4n) is 1.80. The van der Waals surface area contributed by atoms with Crippen LogP contribution < -0.4 is 10.1 Å². The number of benzene rings is 1. The summed E-state index contributed by atoms with van der Waals surface area (Å²) in [4.78, 5) is 1.17. The van der Waals surface area contributed by atoms with Crippen LogP contribution in [0.1, 0.15) is 16.5 Å². The summed E-state index contributed by atoms with van der Waals surface area (Å²) >= 11 is 7.82. The third-order valence-electron chi connectivity index (χ3n) is 2.71. The number of rotatable bonds is 5. The van der Waals surface area contributed by atoms with Crippen LogP contribution in [0.5, 0.6) is 5.75 Å². The van der Waals surface area contributed by atoms with Gasteiger partial charge in [0.15, 0.2) is 0 Å². The lowest BCUT2D eigenvalue weighted by Gasteiger charge is -2.16. The number of methoxy groups -OCH3 is 1. The average molecular weight is 293 g/mol. The topological polar surface area (TPSA) is 45.0 Å². The molecule has 1 unspecified atom stereocenters. The van der Waals surface area contributed by atoms with Gasteiger partial charge in [0.25, 0.3) is 0 Å². The summed E-state index contributed by atoms with van der Waals surface area (Å²) in [6.07, 6.45) is 0. The quantitative estimate of drug-likeness (QED) is 0.912. The highest BCUT2D eigenvalue weighted by Gasteiger charge is 2.18. The predicted octanol–water partition coefficient (Wildman–Crippen LogP) is 3.76. The molecule has 0 amide bonds. The van der Waals surface area contributed by atoms with Crippen LogP contribution >= 0.6 is 22.9 Å². The van der Waals surface area contributed by atoms with Gasteiger partial charge in [-0.3, -0.25) is 5.32 Å². The van der Waals surface area contributed by atoms with Gasteiger partial charge in [0.2, 0.25) is 0 Å². The average Bonchev–Trinajstić information content (AvgIpc) is 2.94. The van der Waals surface area contributed by atoms with Gasteiger partial charge >= 0.3 is 0 Å². The minimum atomic E-state index is -0.495. The van der Waals surface area contributed by atoms with E-state index in [2.05, 4.69) is 11.4 Å². The Hall–Kier alpha value is -1.54. The van der Waals surface area contributed by atoms with E-state index in [1.54, 1.807) is 36.6 Å². The van der Waals surface area contributed by atoms with Crippen molar-refractivity contribution in [2.24, 2.45) is 0 Å². The van der Waals surface area contributed by atoms with E-state index in [0.29, 0.717) is 22.9 Å². The Balaban J connectivity index is 2.20. The van der Waals surface area contributed by atoms with E-state index in [1.165, 1.54) is 4.88 Å². The van der Waals surface area contributed by atoms with E-state index in [-0.39, 0.29) is 0 Å². The van der Waals surface area contributed by atoms with E-state index in [0.717, 1.165) is 0 Å². The largest absolute Gasteiger partial charge is 0.496 e. The van der Waals surface area contributed by atoms with E-state index in [4.69, 9.17) is 16.3 Å². The molecule has 1 heterocycles. The molecule has 0 bridgehead atoms. The molecule has 98 valence electrons. The van der Waals surface area contributed by atoms with E-state index in [1.807, 2.05) is 17.5 Å². The highest BCUT2D eigenvalue weighted by molar-refractivity contribution is 7.09. The summed E-state index contributed by atoms with van der Waals surface area (Å²) in [6.45, 7) is 0.629. The number of ether oxygens (including phenoxy) is 1. The molecular formula is C14H13ClN2OS. The normalized spacial score (nSPS) is 11.8. The Kier molecular flexibility index (Phi) is 4.80. The molecule has 1 N–H and O–H groups in total. The van der Waals surface area contributed by atoms with Gasteiger partial charge in [-0.15, -0.1) is 11.3 Å². The van der Waals surface area contributed by atoms with Crippen molar-refractivity contribution in [3.63, 3.8) is 0 Å². The van der Waals surface area contributed by atoms with E-state index < -0.39 is 6.04 Å². The molecule has 5 heteroatoms. The van der Waals surface area contributed by atoms with Gasteiger partial charge in [0, 0.05) is 17.0 Å². The van der Waals surface area contributed by atoms with Gasteiger partial charge in [-0.2, -0.15) is 5.26 Å². The molecule has 2 aromatic rings. The smallest absolute Gasteiger partial charge is 0.126 e. The van der Waals surface area contributed by atoms with Gasteiger partial charge in [0.1, 0.15) is 11.8 Å². The van der Waals surface area contributed by atoms with E-state index >= 15 is 0 Å². The fraction of sp³-hybridized carbons (Fsp3) is 0.214. The lowest BCUT2D eigenvalue weighted by molar-refractivity contribution is 0.405. The lowest BCUT2D eigenvalue weighted by Crippen LogP contribution is -2.20. The van der Waals surface area contributed by atoms with Gasteiger partial charge in [-0.1, -0.05) is 23.7 Å². The van der Waals surface area contributed by atoms with Crippen LogP contribution in [0.4, 0.5) is 0 Å². The zero-order chi connectivity index (χ0) is 13.7. The lowest BCUT2D eigenvalue weighted by atomic mass is 10.1. The molecule has 0 saturated carbocycles. The molecular weight excluding hydrogens is 280 g/mol. The molecule has 2 rings (SSSR count). The van der Waals surface area contributed by atoms with Crippen LogP contribution in [0.15, 0.2) is 35.7 Å². The van der Waals surface area contributed by atoms with Crippen LogP contribution in [0.3, 0.4) is 0 Å². The molecule has 0 saturated heterocycles. The summed E-state index contributed by atoms with van der Waals surface area (Å²) in [5.41, 5.74) is 0.686. The summed E-state index contributed by atoms with van der Waals surface area (Å²) in [5, 5.41) is 15.1. The second kappa shape index (κ2) is 6.58. The summed E-state index contributed by atoms with van der Waals surface area (Å²) in [7, 11) is 1.57. The van der Waals surface area contributed by atoms with Crippen LogP contribution in [-0.2, 0) is 6.54 Å². The highest BCUT2D eigenvalue weighted by Crippen LogP contribution is 2.32. The van der Waals surface area contributed by atoms with Crippen molar-refractivity contribution in [1.82, 2.24) is 5.32 Å². The molecule has 1 aromatic heterocycles. The zero-order valence-corrected chi connectivity index (χ0v) is 12.0. The Labute approximate surface area is 121 Å². The number of hydrogen-bond donors (Lipinski definition) is 1. The predicted molar refractivity (Wildman–Crippen MR) is 77.5 cm³/mol. The molecule has 0 aliphatic rings. The zero-order valence-electron chi connectivity index (χ0n) is 10.4. The summed E-state index contributed by atoms with van der Waals surface area (Å²) in [5.74, 6) is 0.623. The Morgan fingerprint density at radius 3 is 2.89 bits per heavy atom. The minimum absolute atomic E-state index is 0.495. The number of nitrogens with one attached hydrogen (secondary N) is 1. The number of nitriles is 1.